The SMILES string of the molecule is COc1cc(/C=N/NC(=O)COc2ccc(C(=O)Nc3cccc(Cl)c3C)cc2)cc(OC)c1OC. The van der Waals surface area contributed by atoms with E-state index in [2.05, 4.69) is 15.8 Å². The number of methoxy groups -OCH3 is 3. The van der Waals surface area contributed by atoms with E-state index in [0.29, 0.717) is 44.8 Å². The molecule has 0 saturated heterocycles. The van der Waals surface area contributed by atoms with E-state index in [0.717, 1.165) is 5.56 Å². The molecule has 2 amide bonds. The molecule has 0 unspecified atom stereocenters. The van der Waals surface area contributed by atoms with Crippen molar-refractivity contribution < 1.29 is 28.5 Å². The Bertz CT molecular complexity index is 1240. The molecule has 0 aliphatic heterocycles. The molecule has 0 heterocycles. The highest BCUT2D eigenvalue weighted by Gasteiger charge is 2.13. The number of nitrogens with one attached hydrogen (secondary N) is 2. The van der Waals surface area contributed by atoms with E-state index in [1.165, 1.54) is 27.5 Å². The summed E-state index contributed by atoms with van der Waals surface area (Å²) >= 11 is 6.10. The molecule has 0 saturated carbocycles. The standard InChI is InChI=1S/C26H26ClN3O6/c1-16-20(27)6-5-7-21(16)29-26(32)18-8-10-19(11-9-18)36-15-24(31)30-28-14-17-12-22(33-2)25(35-4)23(13-17)34-3/h5-14H,15H2,1-4H3,(H,29,32)(H,30,31)/b28-14+. The Morgan fingerprint density at radius 3 is 2.25 bits per heavy atom. The maximum atomic E-state index is 12.5. The zero-order chi connectivity index (χ0) is 26.1. The number of amides is 2. The molecular weight excluding hydrogens is 486 g/mol. The fraction of sp³-hybridized carbons (Fsp3) is 0.192. The summed E-state index contributed by atoms with van der Waals surface area (Å²) in [5.74, 6) is 1.07. The summed E-state index contributed by atoms with van der Waals surface area (Å²) in [6.07, 6.45) is 1.44. The Labute approximate surface area is 214 Å². The van der Waals surface area contributed by atoms with Crippen LogP contribution in [0.3, 0.4) is 0 Å². The lowest BCUT2D eigenvalue weighted by atomic mass is 10.1. The number of hydrazone groups is 1. The van der Waals surface area contributed by atoms with Crippen molar-refractivity contribution in [1.29, 1.82) is 0 Å². The summed E-state index contributed by atoms with van der Waals surface area (Å²) in [6.45, 7) is 1.56. The van der Waals surface area contributed by atoms with Gasteiger partial charge < -0.3 is 24.3 Å². The maximum absolute atomic E-state index is 12.5. The summed E-state index contributed by atoms with van der Waals surface area (Å²) in [4.78, 5) is 24.6. The first-order valence-electron chi connectivity index (χ1n) is 10.8. The number of halogens is 1. The van der Waals surface area contributed by atoms with E-state index >= 15 is 0 Å². The van der Waals surface area contributed by atoms with Crippen molar-refractivity contribution in [2.24, 2.45) is 5.10 Å². The maximum Gasteiger partial charge on any atom is 0.277 e. The molecule has 3 rings (SSSR count). The minimum Gasteiger partial charge on any atom is -0.493 e. The molecule has 0 radical (unpaired) electrons. The van der Waals surface area contributed by atoms with E-state index in [4.69, 9.17) is 30.5 Å². The molecule has 0 aromatic heterocycles. The molecule has 10 heteroatoms. The van der Waals surface area contributed by atoms with E-state index in [-0.39, 0.29) is 12.5 Å². The van der Waals surface area contributed by atoms with Gasteiger partial charge in [0, 0.05) is 21.8 Å². The Morgan fingerprint density at radius 2 is 1.64 bits per heavy atom. The molecule has 188 valence electrons. The van der Waals surface area contributed by atoms with Gasteiger partial charge in [-0.3, -0.25) is 9.59 Å². The van der Waals surface area contributed by atoms with Crippen LogP contribution in [0.4, 0.5) is 5.69 Å². The zero-order valence-corrected chi connectivity index (χ0v) is 21.0. The van der Waals surface area contributed by atoms with E-state index in [9.17, 15) is 9.59 Å². The van der Waals surface area contributed by atoms with Crippen LogP contribution in [0.15, 0.2) is 59.7 Å². The average Bonchev–Trinajstić information content (AvgIpc) is 2.89. The minimum atomic E-state index is -0.461. The number of carbonyl (C=O) groups is 2. The number of anilines is 1. The normalized spacial score (nSPS) is 10.6. The third-order valence-corrected chi connectivity index (χ3v) is 5.50. The first-order chi connectivity index (χ1) is 17.4. The number of nitrogens with zero attached hydrogens (tertiary/aromatic N) is 1. The van der Waals surface area contributed by atoms with Crippen LogP contribution in [0, 0.1) is 6.92 Å². The lowest BCUT2D eigenvalue weighted by molar-refractivity contribution is -0.123. The number of hydrogen-bond donors (Lipinski definition) is 2. The molecule has 0 atom stereocenters. The van der Waals surface area contributed by atoms with Crippen molar-refractivity contribution in [3.63, 3.8) is 0 Å². The first-order valence-corrected chi connectivity index (χ1v) is 11.1. The van der Waals surface area contributed by atoms with Crippen LogP contribution in [0.2, 0.25) is 5.02 Å². The highest BCUT2D eigenvalue weighted by Crippen LogP contribution is 2.37. The van der Waals surface area contributed by atoms with Crippen LogP contribution in [0.5, 0.6) is 23.0 Å². The molecule has 3 aromatic carbocycles. The lowest BCUT2D eigenvalue weighted by Crippen LogP contribution is -2.24. The van der Waals surface area contributed by atoms with Gasteiger partial charge in [-0.05, 0) is 61.0 Å². The van der Waals surface area contributed by atoms with Crippen LogP contribution in [0.25, 0.3) is 0 Å². The fourth-order valence-electron chi connectivity index (χ4n) is 3.18. The highest BCUT2D eigenvalue weighted by molar-refractivity contribution is 6.31. The summed E-state index contributed by atoms with van der Waals surface area (Å²) < 4.78 is 21.3. The van der Waals surface area contributed by atoms with Gasteiger partial charge in [0.25, 0.3) is 11.8 Å². The Morgan fingerprint density at radius 1 is 0.972 bits per heavy atom. The topological polar surface area (TPSA) is 107 Å². The van der Waals surface area contributed by atoms with Crippen molar-refractivity contribution in [2.75, 3.05) is 33.3 Å². The first kappa shape index (κ1) is 26.4. The van der Waals surface area contributed by atoms with Gasteiger partial charge in [0.1, 0.15) is 5.75 Å². The predicted octanol–water partition coefficient (Wildman–Crippen LogP) is 4.46. The molecule has 0 fully saturated rings. The monoisotopic (exact) mass is 511 g/mol. The molecular formula is C26H26ClN3O6. The van der Waals surface area contributed by atoms with Gasteiger partial charge in [-0.15, -0.1) is 0 Å². The zero-order valence-electron chi connectivity index (χ0n) is 20.3. The summed E-state index contributed by atoms with van der Waals surface area (Å²) in [6, 6.07) is 15.1. The van der Waals surface area contributed by atoms with Gasteiger partial charge in [0.05, 0.1) is 27.5 Å². The largest absolute Gasteiger partial charge is 0.493 e. The van der Waals surface area contributed by atoms with Crippen molar-refractivity contribution in [1.82, 2.24) is 5.43 Å². The van der Waals surface area contributed by atoms with E-state index in [1.54, 1.807) is 54.6 Å². The lowest BCUT2D eigenvalue weighted by Gasteiger charge is -2.12. The van der Waals surface area contributed by atoms with Crippen molar-refractivity contribution in [3.8, 4) is 23.0 Å². The summed E-state index contributed by atoms with van der Waals surface area (Å²) in [5.41, 5.74) is 4.87. The van der Waals surface area contributed by atoms with E-state index < -0.39 is 5.91 Å². The Balaban J connectivity index is 1.52. The van der Waals surface area contributed by atoms with Crippen molar-refractivity contribution >= 4 is 35.3 Å². The van der Waals surface area contributed by atoms with Crippen molar-refractivity contribution in [2.45, 2.75) is 6.92 Å². The third kappa shape index (κ3) is 6.67. The van der Waals surface area contributed by atoms with Crippen LogP contribution in [-0.2, 0) is 4.79 Å². The molecule has 3 aromatic rings. The van der Waals surface area contributed by atoms with Gasteiger partial charge in [0.15, 0.2) is 18.1 Å². The molecule has 0 bridgehead atoms. The molecule has 0 spiro atoms. The minimum absolute atomic E-state index is 0.264. The molecule has 9 nitrogen and oxygen atoms in total. The number of benzene rings is 3. The fourth-order valence-corrected chi connectivity index (χ4v) is 3.35. The quantitative estimate of drug-likeness (QED) is 0.307. The second-order valence-electron chi connectivity index (χ2n) is 7.43. The van der Waals surface area contributed by atoms with Gasteiger partial charge in [0.2, 0.25) is 5.75 Å². The Hall–Kier alpha value is -4.24. The smallest absolute Gasteiger partial charge is 0.277 e. The molecule has 0 aliphatic carbocycles. The van der Waals surface area contributed by atoms with Crippen LogP contribution < -0.4 is 29.7 Å². The molecule has 2 N–H and O–H groups in total. The highest BCUT2D eigenvalue weighted by atomic mass is 35.5. The predicted molar refractivity (Wildman–Crippen MR) is 138 cm³/mol. The van der Waals surface area contributed by atoms with Gasteiger partial charge in [-0.2, -0.15) is 5.10 Å². The summed E-state index contributed by atoms with van der Waals surface area (Å²) in [7, 11) is 4.53. The van der Waals surface area contributed by atoms with Gasteiger partial charge in [-0.1, -0.05) is 17.7 Å². The van der Waals surface area contributed by atoms with Crippen LogP contribution in [0.1, 0.15) is 21.5 Å². The second-order valence-corrected chi connectivity index (χ2v) is 7.84. The average molecular weight is 512 g/mol. The van der Waals surface area contributed by atoms with Gasteiger partial charge in [-0.25, -0.2) is 5.43 Å². The summed E-state index contributed by atoms with van der Waals surface area (Å²) in [5, 5.41) is 7.33. The molecule has 0 aliphatic rings. The van der Waals surface area contributed by atoms with Crippen LogP contribution >= 0.6 is 11.6 Å². The van der Waals surface area contributed by atoms with Gasteiger partial charge >= 0.3 is 0 Å². The van der Waals surface area contributed by atoms with Crippen molar-refractivity contribution in [3.05, 3.63) is 76.3 Å². The third-order valence-electron chi connectivity index (χ3n) is 5.09. The Kier molecular flexibility index (Phi) is 9.13. The second kappa shape index (κ2) is 12.5. The number of ether oxygens (including phenoxy) is 4. The number of hydrogen-bond acceptors (Lipinski definition) is 7. The van der Waals surface area contributed by atoms with Crippen LogP contribution in [-0.4, -0.2) is 46.0 Å². The molecule has 36 heavy (non-hydrogen) atoms. The number of carbonyl (C=O) groups excluding carboxylic acids is 2. The van der Waals surface area contributed by atoms with E-state index in [1.807, 2.05) is 6.92 Å². The number of rotatable bonds is 10.